The van der Waals surface area contributed by atoms with Gasteiger partial charge in [0.2, 0.25) is 0 Å². The summed E-state index contributed by atoms with van der Waals surface area (Å²) in [6.45, 7) is 0. The molecule has 0 radical (unpaired) electrons. The Balaban J connectivity index is 0.000000139. The molecule has 0 bridgehead atoms. The van der Waals surface area contributed by atoms with Crippen molar-refractivity contribution < 1.29 is 132 Å². The zero-order chi connectivity index (χ0) is 183. The molecule has 0 aromatic heterocycles. The molecule has 31 aromatic rings. The lowest BCUT2D eigenvalue weighted by Gasteiger charge is -2.20. The first kappa shape index (κ1) is 34.1. The van der Waals surface area contributed by atoms with Crippen LogP contribution < -0.4 is 0 Å². The van der Waals surface area contributed by atoms with E-state index in [2.05, 4.69) is 0 Å². The van der Waals surface area contributed by atoms with E-state index >= 15 is 0 Å². The van der Waals surface area contributed by atoms with E-state index in [1.54, 1.807) is 0 Å². The number of benzene rings is 31. The first-order valence-corrected chi connectivity index (χ1v) is 44.2. The van der Waals surface area contributed by atoms with Crippen molar-refractivity contribution in [3.05, 3.63) is 580 Å². The molecular weight excluding hydrogens is 1800 g/mol. The van der Waals surface area contributed by atoms with Crippen molar-refractivity contribution in [3.63, 3.8) is 0 Å². The van der Waals surface area contributed by atoms with Crippen molar-refractivity contribution in [2.24, 2.45) is 0 Å². The second kappa shape index (κ2) is 37.6. The van der Waals surface area contributed by atoms with Crippen LogP contribution in [-0.4, -0.2) is 0 Å². The highest BCUT2D eigenvalue weighted by Crippen LogP contribution is 2.54. The summed E-state index contributed by atoms with van der Waals surface area (Å²) in [5.41, 5.74) is -12.7. The minimum atomic E-state index is -1.02. The van der Waals surface area contributed by atoms with Crippen LogP contribution in [0.25, 0.3) is 294 Å². The second-order valence-electron chi connectivity index (χ2n) is 32.2. The molecule has 31 aromatic carbocycles. The third kappa shape index (κ3) is 15.2. The van der Waals surface area contributed by atoms with Gasteiger partial charge in [0.15, 0.2) is 0 Å². The van der Waals surface area contributed by atoms with E-state index in [-0.39, 0.29) is 0 Å². The van der Waals surface area contributed by atoms with Gasteiger partial charge in [-0.2, -0.15) is 0 Å². The van der Waals surface area contributed by atoms with Crippen LogP contribution >= 0.6 is 0 Å². The van der Waals surface area contributed by atoms with Gasteiger partial charge < -0.3 is 0 Å². The fourth-order valence-corrected chi connectivity index (χ4v) is 18.2. The summed E-state index contributed by atoms with van der Waals surface area (Å²) >= 11 is 0. The Bertz CT molecular complexity index is 16900. The van der Waals surface area contributed by atoms with Crippen molar-refractivity contribution in [2.75, 3.05) is 0 Å². The van der Waals surface area contributed by atoms with Gasteiger partial charge in [-0.25, -0.2) is 0 Å². The molecule has 0 N–H and O–H groups in total. The van der Waals surface area contributed by atoms with Crippen LogP contribution in [-0.2, 0) is 0 Å². The van der Waals surface area contributed by atoms with Crippen LogP contribution in [0.1, 0.15) is 132 Å². The fraction of sp³-hybridized carbons (Fsp3) is 0. The average Bonchev–Trinajstić information content (AvgIpc) is 0.673. The van der Waals surface area contributed by atoms with E-state index in [0.29, 0.717) is 0 Å². The predicted molar refractivity (Wildman–Crippen MR) is 650 cm³/mol. The van der Waals surface area contributed by atoms with E-state index in [9.17, 15) is 37.0 Å². The van der Waals surface area contributed by atoms with E-state index in [1.807, 2.05) is 0 Å². The Hall–Kier alpha value is -19.5. The predicted octanol–water partition coefficient (Wildman–Crippen LogP) is 42.5. The van der Waals surface area contributed by atoms with Crippen LogP contribution in [0.2, 0.25) is 0 Å². The van der Waals surface area contributed by atoms with Gasteiger partial charge in [-0.1, -0.05) is 562 Å². The molecule has 0 aliphatic carbocycles. The van der Waals surface area contributed by atoms with Crippen molar-refractivity contribution >= 4 is 194 Å². The van der Waals surface area contributed by atoms with Crippen molar-refractivity contribution in [3.8, 4) is 100 Å². The molecule has 0 saturated carbocycles. The van der Waals surface area contributed by atoms with Crippen molar-refractivity contribution in [2.45, 2.75) is 0 Å². The summed E-state index contributed by atoms with van der Waals surface area (Å²) in [6, 6.07) is -85.9. The largest absolute Gasteiger partial charge is 0.0636 e. The molecule has 0 heterocycles. The monoisotopic (exact) mass is 1990 g/mol. The third-order valence-electron chi connectivity index (χ3n) is 24.4. The molecule has 0 nitrogen and oxygen atoms in total. The lowest BCUT2D eigenvalue weighted by molar-refractivity contribution is 1.61. The minimum absolute atomic E-state index is 0.470. The Kier molecular flexibility index (Phi) is 8.53. The fourth-order valence-electron chi connectivity index (χ4n) is 18.2. The molecule has 0 aliphatic heterocycles. The van der Waals surface area contributed by atoms with Gasteiger partial charge in [0.05, 0.1) is 132 Å². The first-order chi connectivity index (χ1) is 114. The highest BCUT2D eigenvalue weighted by molar-refractivity contribution is 6.31. The Morgan fingerprint density at radius 3 is 0.633 bits per heavy atom. The molecule has 0 unspecified atom stereocenters. The third-order valence-corrected chi connectivity index (χ3v) is 24.4. The van der Waals surface area contributed by atoms with Gasteiger partial charge in [0, 0.05) is 0 Å². The zero-order valence-electron chi connectivity index (χ0n) is 171. The quantitative estimate of drug-likeness (QED) is 0.0998. The maximum atomic E-state index is 9.71. The second-order valence-corrected chi connectivity index (χ2v) is 32.2. The molecule has 0 spiro atoms. The molecule has 0 heteroatoms. The molecular formula is C150H96. The molecule has 0 saturated heterocycles. The van der Waals surface area contributed by atoms with Gasteiger partial charge in [-0.05, 0) is 312 Å². The van der Waals surface area contributed by atoms with Crippen LogP contribution in [0, 0.1) is 0 Å². The van der Waals surface area contributed by atoms with Gasteiger partial charge in [-0.15, -0.1) is 0 Å². The maximum Gasteiger partial charge on any atom is 0.0636 e. The summed E-state index contributed by atoms with van der Waals surface area (Å²) in [4.78, 5) is 0. The van der Waals surface area contributed by atoms with E-state index in [0.717, 1.165) is 0 Å². The number of hydrogen-bond acceptors (Lipinski definition) is 0. The molecule has 150 heavy (non-hydrogen) atoms. The van der Waals surface area contributed by atoms with Crippen LogP contribution in [0.5, 0.6) is 0 Å². The normalized spacial score (nSPS) is 20.6. The standard InChI is InChI=1S/3C38H24.C36H24/c1-4-14-30-25(10-1)12-9-19-32(30)38-35-17-7-5-15-33(35)37(34-16-6-8-18-36(34)38)28-22-23-31-27(24-28)21-20-26-11-2-3-13-29(26)31;1-3-15-28-25(11-1)13-9-21-30(28)37-31-17-5-7-19-33(31)38(34-20-8-6-18-32(34)37)35-22-10-14-27-24-23-26-12-2-4-16-29(26)36(27)35;1-3-13-29-25(10-1)12-9-19-31(29)38-34-17-7-5-15-32(34)37(33-16-6-8-18-35(33)38)28-23-22-27-21-20-26-11-2-4-14-30(26)36(27)24-28;1-2-12-25(13-3-1)27-16-10-17-28(24-27)35-31-19-6-8-21-33(31)36(34-22-9-7-20-32(34)35)30-23-11-15-26-14-4-5-18-29(26)30/h3*1-24H;1-24H/i4*1D,2D,3D,4D,5D,6D,7D,8D,9D,10D,11D,12D,13D,14D,15D,16D,17D,18D,19D,20D,21D,22D,23D,24D. The Labute approximate surface area is 1000 Å². The molecule has 696 valence electrons. The summed E-state index contributed by atoms with van der Waals surface area (Å²) in [6.07, 6.45) is 0. The number of rotatable bonds is 9. The van der Waals surface area contributed by atoms with Crippen molar-refractivity contribution in [1.29, 1.82) is 0 Å². The zero-order valence-corrected chi connectivity index (χ0v) is 75.0. The smallest absolute Gasteiger partial charge is 0.0622 e. The number of fused-ring (bicyclic) bond motifs is 21. The Morgan fingerprint density at radius 2 is 0.280 bits per heavy atom. The first-order valence-electron chi connectivity index (χ1n) is 92.2. The Morgan fingerprint density at radius 1 is 0.0867 bits per heavy atom. The van der Waals surface area contributed by atoms with Gasteiger partial charge >= 0.3 is 0 Å². The van der Waals surface area contributed by atoms with E-state index < -0.39 is 874 Å². The molecule has 0 atom stereocenters. The lowest BCUT2D eigenvalue weighted by Crippen LogP contribution is -1.92. The highest BCUT2D eigenvalue weighted by atomic mass is 14.3. The van der Waals surface area contributed by atoms with Gasteiger partial charge in [-0.3, -0.25) is 0 Å². The number of hydrogen-bond donors (Lipinski definition) is 0. The van der Waals surface area contributed by atoms with Crippen molar-refractivity contribution in [1.82, 2.24) is 0 Å². The SMILES string of the molecule is [2H]c1c([2H])c([2H])c(-c2c([2H])c([2H])c([2H])c(-c3c4c([2H])c([2H])c([2H])c([2H])c4c(-c4c([2H])c([2H])c([2H])c5c([2H])c([2H])c([2H])c([2H])c45)c4c([2H])c([2H])c([2H])c([2H])c34)c2[2H])c([2H])c1[2H].[2H]c1c([2H])c([2H])c2c(-c3c4c([2H])c([2H])c([2H])c([2H])c4c(-c4c([2H])c([2H])c([2H])c5c([2H])c([2H])c6c([2H])c([2H])c([2H])c([2H])c6c45)c4c([2H])c([2H])c([2H])c([2H])c34)c([2H])c([2H])c([2H])c2c1[2H].[2H]c1c([2H])c([2H])c2c(-c3c4c([2H])c([2H])c([2H])c([2H])c4c(-c4c([2H])c([2H])c5c([2H])c([2H])c6c([2H])c([2H])c([2H])c([2H])c6c5c4[2H])c4c([2H])c([2H])c([2H])c([2H])c34)c([2H])c([2H])c([2H])c2c1[2H].[2H]c1c([2H])c([2H])c2c(-c3c4c([2H])c([2H])c([2H])c([2H])c4c(-c4c([2H])c([2H])c5c(c4[2H])c([2H])c([2H])c4c([2H])c([2H])c([2H])c([2H])c45)c4c([2H])c([2H])c([2H])c([2H])c34)c([2H])c([2H])c([2H])c2c1[2H]. The highest BCUT2D eigenvalue weighted by Gasteiger charge is 2.26. The van der Waals surface area contributed by atoms with Crippen LogP contribution in [0.3, 0.4) is 0 Å². The summed E-state index contributed by atoms with van der Waals surface area (Å²) < 4.78 is 851. The lowest BCUT2D eigenvalue weighted by atomic mass is 9.83. The average molecular weight is 2000 g/mol. The molecule has 0 fully saturated rings. The van der Waals surface area contributed by atoms with Gasteiger partial charge in [0.25, 0.3) is 0 Å². The minimum Gasteiger partial charge on any atom is -0.0622 e. The van der Waals surface area contributed by atoms with E-state index in [4.69, 9.17) is 94.6 Å². The molecule has 0 aliphatic rings. The summed E-state index contributed by atoms with van der Waals surface area (Å²) in [5, 5.41) is -22.4. The molecule has 0 amide bonds. The molecule has 31 rings (SSSR count). The van der Waals surface area contributed by atoms with Crippen LogP contribution in [0.15, 0.2) is 580 Å². The van der Waals surface area contributed by atoms with Crippen LogP contribution in [0.4, 0.5) is 0 Å². The van der Waals surface area contributed by atoms with E-state index in [1.165, 1.54) is 0 Å². The maximum absolute atomic E-state index is 9.71. The summed E-state index contributed by atoms with van der Waals surface area (Å²) in [7, 11) is 0. The van der Waals surface area contributed by atoms with Gasteiger partial charge in [0.1, 0.15) is 0 Å². The summed E-state index contributed by atoms with van der Waals surface area (Å²) in [5.74, 6) is 0. The topological polar surface area (TPSA) is 0 Å².